The van der Waals surface area contributed by atoms with Crippen molar-refractivity contribution in [3.63, 3.8) is 0 Å². The van der Waals surface area contributed by atoms with E-state index < -0.39 is 47.9 Å². The SMILES string of the molecule is C=CCN(C(=O)C(CC(N)=O)NC(=O)OC(C)(C)C)C(C(=O)NC(C)C)c1cc(C)cc(C)c1. The lowest BCUT2D eigenvalue weighted by Crippen LogP contribution is -2.54. The first kappa shape index (κ1) is 28.7. The molecule has 1 rings (SSSR count). The highest BCUT2D eigenvalue weighted by Gasteiger charge is 2.36. The quantitative estimate of drug-likeness (QED) is 0.449. The number of nitrogens with two attached hydrogens (primary N) is 1. The minimum Gasteiger partial charge on any atom is -0.444 e. The lowest BCUT2D eigenvalue weighted by Gasteiger charge is -2.34. The van der Waals surface area contributed by atoms with Crippen molar-refractivity contribution in [3.05, 3.63) is 47.5 Å². The first-order chi connectivity index (χ1) is 15.6. The maximum absolute atomic E-state index is 13.7. The summed E-state index contributed by atoms with van der Waals surface area (Å²) in [5.41, 5.74) is 6.98. The number of nitrogens with zero attached hydrogens (tertiary/aromatic N) is 1. The minimum atomic E-state index is -1.33. The second kappa shape index (κ2) is 12.2. The highest BCUT2D eigenvalue weighted by Crippen LogP contribution is 2.25. The Labute approximate surface area is 202 Å². The van der Waals surface area contributed by atoms with Gasteiger partial charge in [0.15, 0.2) is 0 Å². The molecule has 0 fully saturated rings. The first-order valence-corrected chi connectivity index (χ1v) is 11.2. The molecule has 0 spiro atoms. The van der Waals surface area contributed by atoms with Gasteiger partial charge in [0.25, 0.3) is 0 Å². The molecular weight excluding hydrogens is 436 g/mol. The number of hydrogen-bond donors (Lipinski definition) is 3. The van der Waals surface area contributed by atoms with Crippen LogP contribution >= 0.6 is 0 Å². The number of amides is 4. The molecule has 0 saturated heterocycles. The molecule has 4 N–H and O–H groups in total. The maximum Gasteiger partial charge on any atom is 0.408 e. The van der Waals surface area contributed by atoms with Crippen LogP contribution in [0.3, 0.4) is 0 Å². The molecule has 0 aromatic heterocycles. The lowest BCUT2D eigenvalue weighted by molar-refractivity contribution is -0.142. The molecule has 0 aliphatic rings. The average Bonchev–Trinajstić information content (AvgIpc) is 2.63. The van der Waals surface area contributed by atoms with Crippen LogP contribution in [0.25, 0.3) is 0 Å². The summed E-state index contributed by atoms with van der Waals surface area (Å²) in [6.07, 6.45) is 0.141. The predicted octanol–water partition coefficient (Wildman–Crippen LogP) is 2.65. The van der Waals surface area contributed by atoms with Crippen LogP contribution in [0.1, 0.15) is 63.8 Å². The van der Waals surface area contributed by atoms with Crippen molar-refractivity contribution in [1.82, 2.24) is 15.5 Å². The summed E-state index contributed by atoms with van der Waals surface area (Å²) in [6, 6.07) is 3.08. The van der Waals surface area contributed by atoms with Gasteiger partial charge in [-0.2, -0.15) is 0 Å². The van der Waals surface area contributed by atoms with Crippen molar-refractivity contribution in [3.8, 4) is 0 Å². The van der Waals surface area contributed by atoms with Crippen molar-refractivity contribution >= 4 is 23.8 Å². The number of carbonyl (C=O) groups is 4. The first-order valence-electron chi connectivity index (χ1n) is 11.2. The molecule has 1 aromatic rings. The summed E-state index contributed by atoms with van der Waals surface area (Å²) in [6.45, 7) is 16.2. The molecule has 9 heteroatoms. The van der Waals surface area contributed by atoms with Gasteiger partial charge in [0.1, 0.15) is 17.7 Å². The number of aryl methyl sites for hydroxylation is 2. The van der Waals surface area contributed by atoms with Crippen LogP contribution in [0.15, 0.2) is 30.9 Å². The Balaban J connectivity index is 3.50. The zero-order chi connectivity index (χ0) is 26.2. The van der Waals surface area contributed by atoms with Crippen LogP contribution in [0.4, 0.5) is 4.79 Å². The van der Waals surface area contributed by atoms with E-state index in [1.807, 2.05) is 45.9 Å². The molecular formula is C25H38N4O5. The second-order valence-corrected chi connectivity index (χ2v) is 9.64. The van der Waals surface area contributed by atoms with Crippen molar-refractivity contribution in [1.29, 1.82) is 0 Å². The molecule has 0 saturated carbocycles. The van der Waals surface area contributed by atoms with E-state index in [0.717, 1.165) is 11.1 Å². The fraction of sp³-hybridized carbons (Fsp3) is 0.520. The van der Waals surface area contributed by atoms with Crippen LogP contribution in [0.5, 0.6) is 0 Å². The van der Waals surface area contributed by atoms with E-state index in [-0.39, 0.29) is 12.6 Å². The van der Waals surface area contributed by atoms with Crippen molar-refractivity contribution < 1.29 is 23.9 Å². The van der Waals surface area contributed by atoms with Crippen LogP contribution in [0, 0.1) is 13.8 Å². The topological polar surface area (TPSA) is 131 Å². The van der Waals surface area contributed by atoms with Gasteiger partial charge in [0.2, 0.25) is 17.7 Å². The van der Waals surface area contributed by atoms with E-state index in [2.05, 4.69) is 17.2 Å². The number of primary amides is 1. The smallest absolute Gasteiger partial charge is 0.408 e. The Morgan fingerprint density at radius 1 is 1.09 bits per heavy atom. The molecule has 188 valence electrons. The van der Waals surface area contributed by atoms with Gasteiger partial charge in [-0.05, 0) is 54.0 Å². The highest BCUT2D eigenvalue weighted by molar-refractivity contribution is 5.94. The Hall–Kier alpha value is -3.36. The van der Waals surface area contributed by atoms with Gasteiger partial charge in [0.05, 0.1) is 6.42 Å². The van der Waals surface area contributed by atoms with Crippen LogP contribution in [-0.2, 0) is 19.1 Å². The largest absolute Gasteiger partial charge is 0.444 e. The summed E-state index contributed by atoms with van der Waals surface area (Å²) in [5.74, 6) is -1.85. The Morgan fingerprint density at radius 2 is 1.65 bits per heavy atom. The molecule has 34 heavy (non-hydrogen) atoms. The van der Waals surface area contributed by atoms with Gasteiger partial charge in [-0.1, -0.05) is 35.4 Å². The predicted molar refractivity (Wildman–Crippen MR) is 131 cm³/mol. The summed E-state index contributed by atoms with van der Waals surface area (Å²) < 4.78 is 5.24. The van der Waals surface area contributed by atoms with E-state index in [4.69, 9.17) is 10.5 Å². The Kier molecular flexibility index (Phi) is 10.3. The number of nitrogens with one attached hydrogen (secondary N) is 2. The monoisotopic (exact) mass is 474 g/mol. The number of ether oxygens (including phenoxy) is 1. The minimum absolute atomic E-state index is 0.00668. The van der Waals surface area contributed by atoms with Crippen LogP contribution in [0.2, 0.25) is 0 Å². The molecule has 4 amide bonds. The molecule has 1 aromatic carbocycles. The normalized spacial score (nSPS) is 12.9. The van der Waals surface area contributed by atoms with Gasteiger partial charge >= 0.3 is 6.09 Å². The van der Waals surface area contributed by atoms with Gasteiger partial charge in [-0.3, -0.25) is 14.4 Å². The van der Waals surface area contributed by atoms with Crippen LogP contribution < -0.4 is 16.4 Å². The van der Waals surface area contributed by atoms with Crippen LogP contribution in [-0.4, -0.2) is 52.9 Å². The van der Waals surface area contributed by atoms with E-state index >= 15 is 0 Å². The van der Waals surface area contributed by atoms with E-state index in [0.29, 0.717) is 5.56 Å². The van der Waals surface area contributed by atoms with Gasteiger partial charge in [-0.15, -0.1) is 6.58 Å². The molecule has 2 atom stereocenters. The Morgan fingerprint density at radius 3 is 2.09 bits per heavy atom. The Bertz CT molecular complexity index is 900. The number of rotatable bonds is 10. The van der Waals surface area contributed by atoms with E-state index in [1.54, 1.807) is 20.8 Å². The summed E-state index contributed by atoms with van der Waals surface area (Å²) in [4.78, 5) is 52.4. The van der Waals surface area contributed by atoms with Crippen molar-refractivity contribution in [2.24, 2.45) is 5.73 Å². The molecule has 2 unspecified atom stereocenters. The molecule has 0 radical (unpaired) electrons. The zero-order valence-electron chi connectivity index (χ0n) is 21.2. The van der Waals surface area contributed by atoms with Gasteiger partial charge in [-0.25, -0.2) is 4.79 Å². The molecule has 9 nitrogen and oxygen atoms in total. The second-order valence-electron chi connectivity index (χ2n) is 9.64. The highest BCUT2D eigenvalue weighted by atomic mass is 16.6. The lowest BCUT2D eigenvalue weighted by atomic mass is 9.98. The average molecular weight is 475 g/mol. The summed E-state index contributed by atoms with van der Waals surface area (Å²) >= 11 is 0. The third-order valence-electron chi connectivity index (χ3n) is 4.55. The zero-order valence-corrected chi connectivity index (χ0v) is 21.2. The van der Waals surface area contributed by atoms with Gasteiger partial charge in [0, 0.05) is 12.6 Å². The number of hydrogen-bond acceptors (Lipinski definition) is 5. The molecule has 0 heterocycles. The number of benzene rings is 1. The van der Waals surface area contributed by atoms with E-state index in [9.17, 15) is 19.2 Å². The molecule has 0 aliphatic carbocycles. The standard InChI is InChI=1S/C25H38N4O5/c1-9-10-29(23(32)19(14-20(26)30)28-24(33)34-25(6,7)8)21(22(31)27-15(2)3)18-12-16(4)11-17(5)13-18/h9,11-13,15,19,21H,1,10,14H2,2-8H3,(H2,26,30)(H,27,31)(H,28,33). The van der Waals surface area contributed by atoms with Crippen molar-refractivity contribution in [2.75, 3.05) is 6.54 Å². The maximum atomic E-state index is 13.7. The van der Waals surface area contributed by atoms with E-state index in [1.165, 1.54) is 11.0 Å². The third kappa shape index (κ3) is 9.25. The molecule has 0 aliphatic heterocycles. The number of carbonyl (C=O) groups excluding carboxylic acids is 4. The fourth-order valence-electron chi connectivity index (χ4n) is 3.52. The van der Waals surface area contributed by atoms with Crippen molar-refractivity contribution in [2.45, 2.75) is 78.6 Å². The number of alkyl carbamates (subject to hydrolysis) is 1. The summed E-state index contributed by atoms with van der Waals surface area (Å²) in [5, 5.41) is 5.29. The fourth-order valence-corrected chi connectivity index (χ4v) is 3.52. The third-order valence-corrected chi connectivity index (χ3v) is 4.55. The molecule has 0 bridgehead atoms. The summed E-state index contributed by atoms with van der Waals surface area (Å²) in [7, 11) is 0. The van der Waals surface area contributed by atoms with Gasteiger partial charge < -0.3 is 26.0 Å².